The topological polar surface area (TPSA) is 55.1 Å². The molecule has 3 aromatic carbocycles. The predicted octanol–water partition coefficient (Wildman–Crippen LogP) is 7.73. The minimum atomic E-state index is -0.824. The number of fused-ring (bicyclic) bond motifs is 1. The van der Waals surface area contributed by atoms with Gasteiger partial charge in [-0.1, -0.05) is 24.3 Å². The summed E-state index contributed by atoms with van der Waals surface area (Å²) in [5.41, 5.74) is 2.33. The summed E-state index contributed by atoms with van der Waals surface area (Å²) in [5.74, 6) is -2.21. The van der Waals surface area contributed by atoms with E-state index in [2.05, 4.69) is 10.3 Å². The number of halogens is 3. The zero-order valence-electron chi connectivity index (χ0n) is 20.4. The maximum absolute atomic E-state index is 14.6. The van der Waals surface area contributed by atoms with Gasteiger partial charge < -0.3 is 9.73 Å². The third-order valence-electron chi connectivity index (χ3n) is 6.36. The Morgan fingerprint density at radius 1 is 0.892 bits per heavy atom. The van der Waals surface area contributed by atoms with Crippen LogP contribution in [0.1, 0.15) is 29.7 Å². The van der Waals surface area contributed by atoms with Gasteiger partial charge in [0.15, 0.2) is 5.43 Å². The second-order valence-electron chi connectivity index (χ2n) is 8.96. The highest BCUT2D eigenvalue weighted by atomic mass is 19.1. The summed E-state index contributed by atoms with van der Waals surface area (Å²) in [5, 5.41) is 3.66. The number of pyridine rings is 1. The smallest absolute Gasteiger partial charge is 0.196 e. The SMILES string of the molecule is Cc1cc(C(C)Nc2cccnc2-c2ccccc2F)c2oc(-c3c(F)cccc3F)c(C)c(=O)c2c1. The molecule has 0 aliphatic heterocycles. The third-order valence-corrected chi connectivity index (χ3v) is 6.36. The molecule has 186 valence electrons. The molecule has 5 aromatic rings. The average Bonchev–Trinajstić information content (AvgIpc) is 2.87. The van der Waals surface area contributed by atoms with E-state index in [0.717, 1.165) is 17.7 Å². The van der Waals surface area contributed by atoms with Crippen LogP contribution in [-0.2, 0) is 0 Å². The van der Waals surface area contributed by atoms with Gasteiger partial charge in [-0.25, -0.2) is 13.2 Å². The Hall–Kier alpha value is -4.39. The molecule has 0 saturated heterocycles. The van der Waals surface area contributed by atoms with Gasteiger partial charge in [0, 0.05) is 22.9 Å². The van der Waals surface area contributed by atoms with Gasteiger partial charge in [-0.3, -0.25) is 9.78 Å². The van der Waals surface area contributed by atoms with Gasteiger partial charge in [0.1, 0.15) is 28.8 Å². The number of aromatic nitrogens is 1. The van der Waals surface area contributed by atoms with Gasteiger partial charge >= 0.3 is 0 Å². The molecular weight excluding hydrogens is 477 g/mol. The minimum absolute atomic E-state index is 0.114. The van der Waals surface area contributed by atoms with Crippen LogP contribution in [-0.4, -0.2) is 4.98 Å². The lowest BCUT2D eigenvalue weighted by Crippen LogP contribution is -2.13. The first-order chi connectivity index (χ1) is 17.8. The molecule has 0 amide bonds. The molecule has 0 radical (unpaired) electrons. The van der Waals surface area contributed by atoms with E-state index in [-0.39, 0.29) is 27.9 Å². The molecule has 0 fully saturated rings. The number of anilines is 1. The minimum Gasteiger partial charge on any atom is -0.455 e. The molecule has 2 heterocycles. The van der Waals surface area contributed by atoms with E-state index in [9.17, 15) is 18.0 Å². The maximum atomic E-state index is 14.6. The van der Waals surface area contributed by atoms with Crippen molar-refractivity contribution in [3.63, 3.8) is 0 Å². The van der Waals surface area contributed by atoms with E-state index in [1.54, 1.807) is 42.6 Å². The highest BCUT2D eigenvalue weighted by molar-refractivity contribution is 5.85. The number of aryl methyl sites for hydroxylation is 1. The van der Waals surface area contributed by atoms with Crippen molar-refractivity contribution in [2.24, 2.45) is 0 Å². The van der Waals surface area contributed by atoms with Gasteiger partial charge in [0.2, 0.25) is 0 Å². The van der Waals surface area contributed by atoms with Crippen molar-refractivity contribution < 1.29 is 17.6 Å². The monoisotopic (exact) mass is 500 g/mol. The second-order valence-corrected chi connectivity index (χ2v) is 8.96. The zero-order chi connectivity index (χ0) is 26.3. The largest absolute Gasteiger partial charge is 0.455 e. The van der Waals surface area contributed by atoms with Crippen LogP contribution in [0.4, 0.5) is 18.9 Å². The number of hydrogen-bond donors (Lipinski definition) is 1. The highest BCUT2D eigenvalue weighted by Gasteiger charge is 2.23. The Morgan fingerprint density at radius 2 is 1.59 bits per heavy atom. The van der Waals surface area contributed by atoms with E-state index in [4.69, 9.17) is 4.42 Å². The van der Waals surface area contributed by atoms with Crippen LogP contribution in [0.25, 0.3) is 33.6 Å². The molecule has 0 aliphatic carbocycles. The number of hydrogen-bond acceptors (Lipinski definition) is 4. The molecule has 37 heavy (non-hydrogen) atoms. The van der Waals surface area contributed by atoms with Crippen LogP contribution >= 0.6 is 0 Å². The predicted molar refractivity (Wildman–Crippen MR) is 139 cm³/mol. The first kappa shape index (κ1) is 24.3. The fourth-order valence-corrected chi connectivity index (χ4v) is 4.54. The lowest BCUT2D eigenvalue weighted by atomic mass is 9.98. The zero-order valence-corrected chi connectivity index (χ0v) is 20.4. The van der Waals surface area contributed by atoms with E-state index in [1.807, 2.05) is 19.9 Å². The van der Waals surface area contributed by atoms with Crippen molar-refractivity contribution >= 4 is 16.7 Å². The molecule has 1 N–H and O–H groups in total. The van der Waals surface area contributed by atoms with Gasteiger partial charge in [-0.2, -0.15) is 0 Å². The maximum Gasteiger partial charge on any atom is 0.196 e. The van der Waals surface area contributed by atoms with Gasteiger partial charge in [0.25, 0.3) is 0 Å². The van der Waals surface area contributed by atoms with Crippen LogP contribution in [0.2, 0.25) is 0 Å². The Balaban J connectivity index is 1.67. The fourth-order valence-electron chi connectivity index (χ4n) is 4.54. The standard InChI is InChI=1S/C30H23F3N2O2/c1-16-14-20(18(3)35-25-12-7-13-34-27(25)19-8-4-5-9-22(19)31)30-21(15-16)28(36)17(2)29(37-30)26-23(32)10-6-11-24(26)33/h4-15,18,35H,1-3H3. The van der Waals surface area contributed by atoms with Crippen LogP contribution in [0.3, 0.4) is 0 Å². The molecule has 4 nitrogen and oxygen atoms in total. The van der Waals surface area contributed by atoms with Crippen molar-refractivity contribution in [2.45, 2.75) is 26.8 Å². The summed E-state index contributed by atoms with van der Waals surface area (Å²) in [6.45, 7) is 5.20. The first-order valence-corrected chi connectivity index (χ1v) is 11.7. The summed E-state index contributed by atoms with van der Waals surface area (Å²) in [4.78, 5) is 17.7. The molecule has 1 atom stereocenters. The summed E-state index contributed by atoms with van der Waals surface area (Å²) >= 11 is 0. The lowest BCUT2D eigenvalue weighted by molar-refractivity contribution is 0.557. The van der Waals surface area contributed by atoms with Crippen LogP contribution < -0.4 is 10.7 Å². The fraction of sp³-hybridized carbons (Fsp3) is 0.133. The molecule has 0 aliphatic rings. The number of benzene rings is 3. The molecule has 0 spiro atoms. The lowest BCUT2D eigenvalue weighted by Gasteiger charge is -2.20. The van der Waals surface area contributed by atoms with Crippen molar-refractivity contribution in [3.8, 4) is 22.6 Å². The molecular formula is C30H23F3N2O2. The van der Waals surface area contributed by atoms with E-state index in [1.165, 1.54) is 19.1 Å². The Labute approximate surface area is 211 Å². The molecule has 0 saturated carbocycles. The number of nitrogens with one attached hydrogen (secondary N) is 1. The third kappa shape index (κ3) is 4.37. The van der Waals surface area contributed by atoms with Crippen LogP contribution in [0.15, 0.2) is 82.1 Å². The molecule has 5 rings (SSSR count). The molecule has 0 bridgehead atoms. The van der Waals surface area contributed by atoms with Crippen LogP contribution in [0, 0.1) is 31.3 Å². The van der Waals surface area contributed by atoms with E-state index >= 15 is 0 Å². The van der Waals surface area contributed by atoms with E-state index in [0.29, 0.717) is 27.9 Å². The summed E-state index contributed by atoms with van der Waals surface area (Å²) in [6, 6.07) is 16.5. The second kappa shape index (κ2) is 9.58. The normalized spacial score (nSPS) is 12.1. The van der Waals surface area contributed by atoms with Gasteiger partial charge in [-0.15, -0.1) is 0 Å². The molecule has 7 heteroatoms. The van der Waals surface area contributed by atoms with Crippen molar-refractivity contribution in [1.29, 1.82) is 0 Å². The summed E-state index contributed by atoms with van der Waals surface area (Å²) in [7, 11) is 0. The van der Waals surface area contributed by atoms with Crippen LogP contribution in [0.5, 0.6) is 0 Å². The summed E-state index contributed by atoms with van der Waals surface area (Å²) < 4.78 is 49.9. The van der Waals surface area contributed by atoms with Gasteiger partial charge in [-0.05, 0) is 68.8 Å². The quantitative estimate of drug-likeness (QED) is 0.268. The summed E-state index contributed by atoms with van der Waals surface area (Å²) in [6.07, 6.45) is 1.58. The average molecular weight is 501 g/mol. The Bertz CT molecular complexity index is 1690. The van der Waals surface area contributed by atoms with E-state index < -0.39 is 23.5 Å². The molecule has 2 aromatic heterocycles. The number of nitrogens with zero attached hydrogens (tertiary/aromatic N) is 1. The first-order valence-electron chi connectivity index (χ1n) is 11.7. The number of rotatable bonds is 5. The Kier molecular flexibility index (Phi) is 6.29. The van der Waals surface area contributed by atoms with Crippen molar-refractivity contribution in [1.82, 2.24) is 4.98 Å². The molecule has 1 unspecified atom stereocenters. The highest BCUT2D eigenvalue weighted by Crippen LogP contribution is 2.35. The van der Waals surface area contributed by atoms with Gasteiger partial charge in [0.05, 0.1) is 28.4 Å². The van der Waals surface area contributed by atoms with Crippen molar-refractivity contribution in [3.05, 3.63) is 117 Å². The van der Waals surface area contributed by atoms with Crippen molar-refractivity contribution in [2.75, 3.05) is 5.32 Å². The Morgan fingerprint density at radius 3 is 2.32 bits per heavy atom.